The molecule has 3 rings (SSSR count). The van der Waals surface area contributed by atoms with E-state index in [1.54, 1.807) is 6.07 Å². The topological polar surface area (TPSA) is 81.1 Å². The summed E-state index contributed by atoms with van der Waals surface area (Å²) in [5, 5.41) is 21.6. The molecule has 6 nitrogen and oxygen atoms in total. The minimum atomic E-state index is -0.872. The molecule has 7 heteroatoms. The molecule has 0 bridgehead atoms. The third-order valence-electron chi connectivity index (χ3n) is 6.36. The van der Waals surface area contributed by atoms with Crippen LogP contribution in [0.1, 0.15) is 48.6 Å². The van der Waals surface area contributed by atoms with Gasteiger partial charge in [-0.3, -0.25) is 9.59 Å². The van der Waals surface area contributed by atoms with Crippen LogP contribution in [0.2, 0.25) is 0 Å². The van der Waals surface area contributed by atoms with Crippen molar-refractivity contribution in [1.82, 2.24) is 9.80 Å². The summed E-state index contributed by atoms with van der Waals surface area (Å²) in [6, 6.07) is 7.78. The molecule has 2 N–H and O–H groups in total. The first-order chi connectivity index (χ1) is 15.7. The molecule has 1 heterocycles. The van der Waals surface area contributed by atoms with E-state index in [2.05, 4.69) is 18.7 Å². The molecule has 1 saturated heterocycles. The zero-order valence-corrected chi connectivity index (χ0v) is 19.6. The van der Waals surface area contributed by atoms with Gasteiger partial charge >= 0.3 is 0 Å². The minimum absolute atomic E-state index is 0.0892. The Labute approximate surface area is 193 Å². The van der Waals surface area contributed by atoms with Crippen molar-refractivity contribution in [1.29, 1.82) is 0 Å². The summed E-state index contributed by atoms with van der Waals surface area (Å²) < 4.78 is 13.6. The van der Waals surface area contributed by atoms with Crippen LogP contribution < -0.4 is 0 Å². The van der Waals surface area contributed by atoms with Gasteiger partial charge in [0, 0.05) is 6.54 Å². The maximum Gasteiger partial charge on any atom is 0.295 e. The number of likely N-dealkylation sites (tertiary alicyclic amines) is 1. The standard InChI is InChI=1S/C26H31FN2O4/c1-5-28(6-2)12-7-13-29-23(18-8-10-19(27)11-9-18)22(25(32)26(29)33)24(31)20-14-16(3)17(4)15-21(20)30/h8-11,14-15,23,30-31H,5-7,12-13H2,1-4H3/b24-22+. The number of benzene rings is 2. The van der Waals surface area contributed by atoms with Gasteiger partial charge in [-0.05, 0) is 80.9 Å². The van der Waals surface area contributed by atoms with Crippen LogP contribution in [0.5, 0.6) is 5.75 Å². The van der Waals surface area contributed by atoms with Crippen molar-refractivity contribution in [3.63, 3.8) is 0 Å². The van der Waals surface area contributed by atoms with Gasteiger partial charge in [0.25, 0.3) is 11.7 Å². The molecule has 0 aliphatic carbocycles. The molecule has 176 valence electrons. The third kappa shape index (κ3) is 4.93. The maximum atomic E-state index is 13.6. The Kier molecular flexibility index (Phi) is 7.53. The van der Waals surface area contributed by atoms with Gasteiger partial charge in [-0.2, -0.15) is 0 Å². The molecule has 1 aliphatic heterocycles. The molecule has 1 amide bonds. The number of aromatic hydroxyl groups is 1. The summed E-state index contributed by atoms with van der Waals surface area (Å²) in [4.78, 5) is 29.7. The molecule has 2 aromatic rings. The van der Waals surface area contributed by atoms with Crippen LogP contribution in [0.4, 0.5) is 4.39 Å². The van der Waals surface area contributed by atoms with Crippen molar-refractivity contribution in [2.75, 3.05) is 26.2 Å². The van der Waals surface area contributed by atoms with Crippen molar-refractivity contribution in [2.24, 2.45) is 0 Å². The van der Waals surface area contributed by atoms with E-state index in [1.165, 1.54) is 35.2 Å². The second-order valence-electron chi connectivity index (χ2n) is 8.38. The summed E-state index contributed by atoms with van der Waals surface area (Å²) in [6.45, 7) is 10.6. The largest absolute Gasteiger partial charge is 0.507 e. The molecule has 33 heavy (non-hydrogen) atoms. The number of phenolic OH excluding ortho intramolecular Hbond substituents is 1. The number of halogens is 1. The number of hydrogen-bond donors (Lipinski definition) is 2. The SMILES string of the molecule is CCN(CC)CCCN1C(=O)C(=O)/C(=C(/O)c2cc(C)c(C)cc2O)C1c1ccc(F)cc1. The molecule has 2 aromatic carbocycles. The molecule has 0 spiro atoms. The molecule has 1 fully saturated rings. The number of aliphatic hydroxyl groups is 1. The highest BCUT2D eigenvalue weighted by molar-refractivity contribution is 6.46. The van der Waals surface area contributed by atoms with Crippen LogP contribution in [0.3, 0.4) is 0 Å². The Morgan fingerprint density at radius 1 is 1.06 bits per heavy atom. The second kappa shape index (κ2) is 10.2. The van der Waals surface area contributed by atoms with E-state index in [9.17, 15) is 24.2 Å². The van der Waals surface area contributed by atoms with Crippen molar-refractivity contribution < 1.29 is 24.2 Å². The second-order valence-corrected chi connectivity index (χ2v) is 8.38. The number of carbonyl (C=O) groups excluding carboxylic acids is 2. The van der Waals surface area contributed by atoms with E-state index in [0.717, 1.165) is 30.8 Å². The van der Waals surface area contributed by atoms with Gasteiger partial charge in [0.2, 0.25) is 0 Å². The summed E-state index contributed by atoms with van der Waals surface area (Å²) in [5.74, 6) is -2.59. The number of aliphatic hydroxyl groups excluding tert-OH is 1. The van der Waals surface area contributed by atoms with E-state index < -0.39 is 29.3 Å². The summed E-state index contributed by atoms with van der Waals surface area (Å²) in [5.41, 5.74) is 2.15. The van der Waals surface area contributed by atoms with Crippen molar-refractivity contribution >= 4 is 17.4 Å². The molecule has 1 aliphatic rings. The summed E-state index contributed by atoms with van der Waals surface area (Å²) in [6.07, 6.45) is 0.640. The monoisotopic (exact) mass is 454 g/mol. The average Bonchev–Trinajstić information content (AvgIpc) is 3.04. The van der Waals surface area contributed by atoms with Gasteiger partial charge in [0.05, 0.1) is 17.2 Å². The van der Waals surface area contributed by atoms with E-state index in [0.29, 0.717) is 18.5 Å². The first-order valence-corrected chi connectivity index (χ1v) is 11.3. The van der Waals surface area contributed by atoms with Gasteiger partial charge in [-0.15, -0.1) is 0 Å². The number of ketones is 1. The number of nitrogens with zero attached hydrogens (tertiary/aromatic N) is 2. The summed E-state index contributed by atoms with van der Waals surface area (Å²) in [7, 11) is 0. The lowest BCUT2D eigenvalue weighted by Gasteiger charge is -2.27. The van der Waals surface area contributed by atoms with Gasteiger partial charge in [0.1, 0.15) is 17.3 Å². The van der Waals surface area contributed by atoms with Crippen LogP contribution in [-0.2, 0) is 9.59 Å². The lowest BCUT2D eigenvalue weighted by Crippen LogP contribution is -2.33. The molecule has 0 saturated carbocycles. The predicted molar refractivity (Wildman–Crippen MR) is 125 cm³/mol. The van der Waals surface area contributed by atoms with Crippen LogP contribution >= 0.6 is 0 Å². The van der Waals surface area contributed by atoms with Gasteiger partial charge in [-0.1, -0.05) is 26.0 Å². The fourth-order valence-electron chi connectivity index (χ4n) is 4.24. The quantitative estimate of drug-likeness (QED) is 0.353. The Hall–Kier alpha value is -3.19. The highest BCUT2D eigenvalue weighted by atomic mass is 19.1. The zero-order valence-electron chi connectivity index (χ0n) is 19.6. The van der Waals surface area contributed by atoms with E-state index in [1.807, 2.05) is 13.8 Å². The van der Waals surface area contributed by atoms with Crippen molar-refractivity contribution in [2.45, 2.75) is 40.2 Å². The lowest BCUT2D eigenvalue weighted by atomic mass is 9.93. The number of hydrogen-bond acceptors (Lipinski definition) is 5. The maximum absolute atomic E-state index is 13.6. The molecule has 1 atom stereocenters. The van der Waals surface area contributed by atoms with E-state index in [4.69, 9.17) is 0 Å². The molecule has 0 aromatic heterocycles. The third-order valence-corrected chi connectivity index (χ3v) is 6.36. The number of aryl methyl sites for hydroxylation is 2. The van der Waals surface area contributed by atoms with Gasteiger partial charge in [0.15, 0.2) is 0 Å². The van der Waals surface area contributed by atoms with Crippen LogP contribution in [0.15, 0.2) is 42.0 Å². The average molecular weight is 455 g/mol. The Balaban J connectivity index is 2.08. The van der Waals surface area contributed by atoms with Crippen molar-refractivity contribution in [3.8, 4) is 5.75 Å². The Morgan fingerprint density at radius 3 is 2.27 bits per heavy atom. The van der Waals surface area contributed by atoms with Crippen LogP contribution in [-0.4, -0.2) is 57.9 Å². The molecular weight excluding hydrogens is 423 g/mol. The van der Waals surface area contributed by atoms with Crippen LogP contribution in [0.25, 0.3) is 5.76 Å². The van der Waals surface area contributed by atoms with Crippen LogP contribution in [0, 0.1) is 19.7 Å². The smallest absolute Gasteiger partial charge is 0.295 e. The van der Waals surface area contributed by atoms with E-state index >= 15 is 0 Å². The summed E-state index contributed by atoms with van der Waals surface area (Å²) >= 11 is 0. The van der Waals surface area contributed by atoms with E-state index in [-0.39, 0.29) is 16.9 Å². The number of amides is 1. The minimum Gasteiger partial charge on any atom is -0.507 e. The molecule has 1 unspecified atom stereocenters. The predicted octanol–water partition coefficient (Wildman–Crippen LogP) is 4.30. The number of rotatable bonds is 8. The number of Topliss-reactive ketones (excluding diaryl/α,β-unsaturated/α-hetero) is 1. The first kappa shape index (κ1) is 24.5. The fourth-order valence-corrected chi connectivity index (χ4v) is 4.24. The normalized spacial score (nSPS) is 17.9. The van der Waals surface area contributed by atoms with Gasteiger partial charge in [-0.25, -0.2) is 4.39 Å². The molecular formula is C26H31FN2O4. The lowest BCUT2D eigenvalue weighted by molar-refractivity contribution is -0.140. The van der Waals surface area contributed by atoms with Crippen molar-refractivity contribution in [3.05, 3.63) is 70.0 Å². The van der Waals surface area contributed by atoms with Gasteiger partial charge < -0.3 is 20.0 Å². The zero-order chi connectivity index (χ0) is 24.3. The number of phenols is 1. The number of carbonyl (C=O) groups is 2. The Morgan fingerprint density at radius 2 is 1.67 bits per heavy atom. The highest BCUT2D eigenvalue weighted by Crippen LogP contribution is 2.41. The Bertz CT molecular complexity index is 1070. The molecule has 0 radical (unpaired) electrons. The fraction of sp³-hybridized carbons (Fsp3) is 0.385. The highest BCUT2D eigenvalue weighted by Gasteiger charge is 2.46. The first-order valence-electron chi connectivity index (χ1n) is 11.3.